The lowest BCUT2D eigenvalue weighted by Gasteiger charge is -2.28. The van der Waals surface area contributed by atoms with Crippen LogP contribution in [0.25, 0.3) is 0 Å². The van der Waals surface area contributed by atoms with Gasteiger partial charge >= 0.3 is 0 Å². The number of tetrazole rings is 1. The number of carbonyl (C=O) groups is 1. The molecule has 4 rings (SSSR count). The first-order valence-corrected chi connectivity index (χ1v) is 10.5. The Morgan fingerprint density at radius 1 is 1.40 bits per heavy atom. The summed E-state index contributed by atoms with van der Waals surface area (Å²) in [5, 5.41) is 15.7. The summed E-state index contributed by atoms with van der Waals surface area (Å²) in [7, 11) is 0. The molecule has 25 heavy (non-hydrogen) atoms. The molecule has 0 aromatic carbocycles. The van der Waals surface area contributed by atoms with Crippen LogP contribution in [0.4, 0.5) is 0 Å². The number of rotatable bonds is 7. The number of carbonyl (C=O) groups excluding carboxylic acids is 1. The van der Waals surface area contributed by atoms with E-state index in [2.05, 4.69) is 27.8 Å². The Hall–Kier alpha value is -1.15. The molecule has 2 heterocycles. The standard InChI is InChI=1S/C17H27N5O2S/c1-11(15-8-12-4-5-13(15)7-12)18-16(23)10-25-17-19-20-21-22(17)9-14-3-2-6-24-14/h11-15H,2-10H2,1H3,(H,18,23). The van der Waals surface area contributed by atoms with Gasteiger partial charge in [-0.15, -0.1) is 5.10 Å². The third-order valence-corrected chi connectivity index (χ3v) is 7.01. The SMILES string of the molecule is CC(NC(=O)CSc1nnnn1CC1CCCO1)C1CC2CCC1C2. The first-order chi connectivity index (χ1) is 12.2. The van der Waals surface area contributed by atoms with Gasteiger partial charge in [0, 0.05) is 12.6 Å². The van der Waals surface area contributed by atoms with E-state index in [0.717, 1.165) is 31.3 Å². The van der Waals surface area contributed by atoms with E-state index in [1.807, 2.05) is 0 Å². The van der Waals surface area contributed by atoms with Crippen molar-refractivity contribution < 1.29 is 9.53 Å². The van der Waals surface area contributed by atoms with Crippen LogP contribution in [0.3, 0.4) is 0 Å². The molecule has 5 atom stereocenters. The van der Waals surface area contributed by atoms with Crippen molar-refractivity contribution in [1.29, 1.82) is 0 Å². The molecular weight excluding hydrogens is 338 g/mol. The topological polar surface area (TPSA) is 81.9 Å². The fourth-order valence-electron chi connectivity index (χ4n) is 4.83. The van der Waals surface area contributed by atoms with Crippen molar-refractivity contribution in [1.82, 2.24) is 25.5 Å². The van der Waals surface area contributed by atoms with Gasteiger partial charge in [0.15, 0.2) is 0 Å². The van der Waals surface area contributed by atoms with Crippen molar-refractivity contribution in [3.63, 3.8) is 0 Å². The maximum absolute atomic E-state index is 12.3. The van der Waals surface area contributed by atoms with Crippen LogP contribution in [0.2, 0.25) is 0 Å². The zero-order chi connectivity index (χ0) is 17.2. The van der Waals surface area contributed by atoms with E-state index in [-0.39, 0.29) is 18.1 Å². The lowest BCUT2D eigenvalue weighted by molar-refractivity contribution is -0.119. The normalized spacial score (nSPS) is 32.2. The molecule has 2 saturated carbocycles. The number of ether oxygens (including phenoxy) is 1. The second kappa shape index (κ2) is 7.61. The molecule has 5 unspecified atom stereocenters. The summed E-state index contributed by atoms with van der Waals surface area (Å²) in [5.41, 5.74) is 0. The fraction of sp³-hybridized carbons (Fsp3) is 0.882. The van der Waals surface area contributed by atoms with Crippen LogP contribution in [-0.4, -0.2) is 50.6 Å². The summed E-state index contributed by atoms with van der Waals surface area (Å²) >= 11 is 1.40. The zero-order valence-electron chi connectivity index (χ0n) is 14.8. The highest BCUT2D eigenvalue weighted by molar-refractivity contribution is 7.99. The molecule has 1 aliphatic heterocycles. The zero-order valence-corrected chi connectivity index (χ0v) is 15.6. The second-order valence-corrected chi connectivity index (χ2v) is 8.70. The molecule has 1 amide bonds. The molecule has 1 aromatic heterocycles. The number of amides is 1. The van der Waals surface area contributed by atoms with Crippen molar-refractivity contribution in [2.24, 2.45) is 17.8 Å². The highest BCUT2D eigenvalue weighted by atomic mass is 32.2. The van der Waals surface area contributed by atoms with Crippen LogP contribution in [0.5, 0.6) is 0 Å². The summed E-state index contributed by atoms with van der Waals surface area (Å²) in [5.74, 6) is 2.83. The van der Waals surface area contributed by atoms with Gasteiger partial charge in [0.25, 0.3) is 0 Å². The Labute approximate surface area is 152 Å². The van der Waals surface area contributed by atoms with E-state index in [9.17, 15) is 4.79 Å². The van der Waals surface area contributed by atoms with E-state index in [4.69, 9.17) is 4.74 Å². The van der Waals surface area contributed by atoms with Crippen LogP contribution >= 0.6 is 11.8 Å². The van der Waals surface area contributed by atoms with Gasteiger partial charge in [-0.1, -0.05) is 18.2 Å². The number of hydrogen-bond donors (Lipinski definition) is 1. The van der Waals surface area contributed by atoms with Crippen molar-refractivity contribution in [2.45, 2.75) is 69.3 Å². The minimum Gasteiger partial charge on any atom is -0.376 e. The maximum atomic E-state index is 12.3. The van der Waals surface area contributed by atoms with Gasteiger partial charge in [-0.25, -0.2) is 4.68 Å². The molecule has 0 spiro atoms. The van der Waals surface area contributed by atoms with Gasteiger partial charge in [-0.2, -0.15) is 0 Å². The Balaban J connectivity index is 1.24. The summed E-state index contributed by atoms with van der Waals surface area (Å²) in [4.78, 5) is 12.3. The van der Waals surface area contributed by atoms with Crippen molar-refractivity contribution in [2.75, 3.05) is 12.4 Å². The van der Waals surface area contributed by atoms with Crippen molar-refractivity contribution in [3.8, 4) is 0 Å². The lowest BCUT2D eigenvalue weighted by atomic mass is 9.84. The molecule has 0 radical (unpaired) electrons. The Morgan fingerprint density at radius 3 is 3.04 bits per heavy atom. The van der Waals surface area contributed by atoms with E-state index in [1.54, 1.807) is 4.68 Å². The molecule has 3 fully saturated rings. The number of hydrogen-bond acceptors (Lipinski definition) is 6. The minimum absolute atomic E-state index is 0.0759. The molecule has 2 bridgehead atoms. The highest BCUT2D eigenvalue weighted by Crippen LogP contribution is 2.49. The van der Waals surface area contributed by atoms with Gasteiger partial charge < -0.3 is 10.1 Å². The van der Waals surface area contributed by atoms with E-state index in [1.165, 1.54) is 37.4 Å². The Kier molecular flexibility index (Phi) is 5.26. The van der Waals surface area contributed by atoms with E-state index >= 15 is 0 Å². The van der Waals surface area contributed by atoms with Gasteiger partial charge in [-0.05, 0) is 67.2 Å². The molecule has 1 aromatic rings. The average Bonchev–Trinajstić information content (AvgIpc) is 3.38. The van der Waals surface area contributed by atoms with Crippen LogP contribution < -0.4 is 5.32 Å². The number of nitrogens with one attached hydrogen (secondary N) is 1. The number of aromatic nitrogens is 4. The molecule has 7 nitrogen and oxygen atoms in total. The first-order valence-electron chi connectivity index (χ1n) is 9.49. The van der Waals surface area contributed by atoms with Crippen molar-refractivity contribution >= 4 is 17.7 Å². The van der Waals surface area contributed by atoms with Crippen LogP contribution in [0, 0.1) is 17.8 Å². The van der Waals surface area contributed by atoms with Crippen LogP contribution in [0.1, 0.15) is 45.4 Å². The lowest BCUT2D eigenvalue weighted by Crippen LogP contribution is -2.41. The van der Waals surface area contributed by atoms with Gasteiger partial charge in [0.2, 0.25) is 11.1 Å². The van der Waals surface area contributed by atoms with Gasteiger partial charge in [-0.3, -0.25) is 4.79 Å². The molecule has 3 aliphatic rings. The molecule has 138 valence electrons. The smallest absolute Gasteiger partial charge is 0.230 e. The molecular formula is C17H27N5O2S. The fourth-order valence-corrected chi connectivity index (χ4v) is 5.53. The third kappa shape index (κ3) is 4.00. The minimum atomic E-state index is 0.0759. The van der Waals surface area contributed by atoms with E-state index in [0.29, 0.717) is 23.4 Å². The largest absolute Gasteiger partial charge is 0.376 e. The van der Waals surface area contributed by atoms with E-state index < -0.39 is 0 Å². The summed E-state index contributed by atoms with van der Waals surface area (Å²) in [6.07, 6.45) is 7.74. The molecule has 8 heteroatoms. The first kappa shape index (κ1) is 17.3. The number of fused-ring (bicyclic) bond motifs is 2. The second-order valence-electron chi connectivity index (χ2n) is 7.76. The van der Waals surface area contributed by atoms with Gasteiger partial charge in [0.1, 0.15) is 0 Å². The predicted octanol–water partition coefficient (Wildman–Crippen LogP) is 1.89. The summed E-state index contributed by atoms with van der Waals surface area (Å²) in [6, 6.07) is 0.270. The van der Waals surface area contributed by atoms with Gasteiger partial charge in [0.05, 0.1) is 18.4 Å². The highest BCUT2D eigenvalue weighted by Gasteiger charge is 2.42. The average molecular weight is 366 g/mol. The Bertz CT molecular complexity index is 604. The van der Waals surface area contributed by atoms with Crippen LogP contribution in [-0.2, 0) is 16.1 Å². The molecule has 2 aliphatic carbocycles. The third-order valence-electron chi connectivity index (χ3n) is 6.06. The molecule has 1 N–H and O–H groups in total. The quantitative estimate of drug-likeness (QED) is 0.743. The number of nitrogens with zero attached hydrogens (tertiary/aromatic N) is 4. The summed E-state index contributed by atoms with van der Waals surface area (Å²) in [6.45, 7) is 3.65. The Morgan fingerprint density at radius 2 is 2.32 bits per heavy atom. The van der Waals surface area contributed by atoms with Crippen molar-refractivity contribution in [3.05, 3.63) is 0 Å². The summed E-state index contributed by atoms with van der Waals surface area (Å²) < 4.78 is 7.39. The monoisotopic (exact) mass is 365 g/mol. The predicted molar refractivity (Wildman–Crippen MR) is 94.1 cm³/mol. The number of thioether (sulfide) groups is 1. The van der Waals surface area contributed by atoms with Crippen LogP contribution in [0.15, 0.2) is 5.16 Å². The maximum Gasteiger partial charge on any atom is 0.230 e. The molecule has 1 saturated heterocycles.